The van der Waals surface area contributed by atoms with Crippen molar-refractivity contribution in [2.24, 2.45) is 0 Å². The molecule has 2 aromatic heterocycles. The Morgan fingerprint density at radius 2 is 0.708 bits per heavy atom. The van der Waals surface area contributed by atoms with Crippen LogP contribution in [0, 0.1) is 0 Å². The minimum atomic E-state index is -0.112. The largest absolute Gasteiger partial charge is 0.302 e. The minimum Gasteiger partial charge on any atom is -0.302 e. The van der Waals surface area contributed by atoms with Gasteiger partial charge in [-0.15, -0.1) is 0 Å². The van der Waals surface area contributed by atoms with E-state index >= 15 is 0 Å². The van der Waals surface area contributed by atoms with Gasteiger partial charge in [0.1, 0.15) is 23.0 Å². The Hall–Kier alpha value is -6.26. The first kappa shape index (κ1) is 28.0. The lowest BCUT2D eigenvalue weighted by atomic mass is 9.86. The molecule has 0 radical (unpaired) electrons. The summed E-state index contributed by atoms with van der Waals surface area (Å²) in [6.45, 7) is 0. The predicted molar refractivity (Wildman–Crippen MR) is 193 cm³/mol. The van der Waals surface area contributed by atoms with Crippen LogP contribution >= 0.6 is 0 Å². The second-order valence-electron chi connectivity index (χ2n) is 12.3. The van der Waals surface area contributed by atoms with E-state index < -0.39 is 0 Å². The molecule has 2 unspecified atom stereocenters. The summed E-state index contributed by atoms with van der Waals surface area (Å²) in [6, 6.07) is 60.4. The Balaban J connectivity index is 1.39. The van der Waals surface area contributed by atoms with Crippen LogP contribution in [-0.4, -0.2) is 19.1 Å². The van der Waals surface area contributed by atoms with Gasteiger partial charge in [0, 0.05) is 23.8 Å². The molecule has 4 nitrogen and oxygen atoms in total. The number of imidazole rings is 2. The van der Waals surface area contributed by atoms with Crippen molar-refractivity contribution in [3.63, 3.8) is 0 Å². The van der Waals surface area contributed by atoms with Gasteiger partial charge in [-0.2, -0.15) is 0 Å². The summed E-state index contributed by atoms with van der Waals surface area (Å²) in [6.07, 6.45) is 4.31. The second kappa shape index (κ2) is 11.8. The van der Waals surface area contributed by atoms with Gasteiger partial charge in [0.05, 0.1) is 11.8 Å². The fourth-order valence-electron chi connectivity index (χ4n) is 7.10. The van der Waals surface area contributed by atoms with Gasteiger partial charge < -0.3 is 9.13 Å². The molecule has 4 heteroatoms. The lowest BCUT2D eigenvalue weighted by molar-refractivity contribution is 0.820. The third-order valence-corrected chi connectivity index (χ3v) is 9.35. The average Bonchev–Trinajstić information content (AvgIpc) is 3.79. The molecule has 228 valence electrons. The maximum atomic E-state index is 5.48. The van der Waals surface area contributed by atoms with Crippen LogP contribution in [0.15, 0.2) is 182 Å². The first-order chi connectivity index (χ1) is 23.8. The maximum Gasteiger partial charge on any atom is 0.126 e. The van der Waals surface area contributed by atoms with Crippen LogP contribution < -0.4 is 0 Å². The van der Waals surface area contributed by atoms with E-state index in [0.717, 1.165) is 34.4 Å². The van der Waals surface area contributed by atoms with Gasteiger partial charge in [-0.05, 0) is 57.6 Å². The van der Waals surface area contributed by atoms with E-state index in [1.54, 1.807) is 0 Å². The molecule has 0 aliphatic carbocycles. The highest BCUT2D eigenvalue weighted by Gasteiger charge is 2.29. The number of fused-ring (bicyclic) bond motifs is 10. The molecule has 0 spiro atoms. The third-order valence-electron chi connectivity index (χ3n) is 9.35. The molecule has 2 atom stereocenters. The standard InChI is InChI=1S/C44H32N4/c1-5-15-31(16-6-1)41-35-21-13-19-33(27-35)34-20-14-22-36(28-34)42(32-17-7-2-8-18-32)44-46-40(30-48(44)38-25-11-4-12-26-38)39-29-47(43(41)45-39)37-23-9-3-10-24-37/h1-30,41-42H. The predicted octanol–water partition coefficient (Wildman–Crippen LogP) is 10.1. The summed E-state index contributed by atoms with van der Waals surface area (Å²) in [5.74, 6) is 1.67. The second-order valence-corrected chi connectivity index (χ2v) is 12.3. The first-order valence-electron chi connectivity index (χ1n) is 16.4. The van der Waals surface area contributed by atoms with Crippen molar-refractivity contribution >= 4 is 0 Å². The van der Waals surface area contributed by atoms with E-state index in [4.69, 9.17) is 9.97 Å². The monoisotopic (exact) mass is 616 g/mol. The lowest BCUT2D eigenvalue weighted by Crippen LogP contribution is -2.11. The number of nitrogens with zero attached hydrogens (tertiary/aromatic N) is 4. The molecule has 0 amide bonds. The van der Waals surface area contributed by atoms with Crippen molar-refractivity contribution in [2.75, 3.05) is 0 Å². The number of aromatic nitrogens is 4. The van der Waals surface area contributed by atoms with Crippen molar-refractivity contribution in [3.8, 4) is 33.9 Å². The Labute approximate surface area is 280 Å². The van der Waals surface area contributed by atoms with Crippen molar-refractivity contribution in [2.45, 2.75) is 11.8 Å². The van der Waals surface area contributed by atoms with Gasteiger partial charge in [-0.1, -0.05) is 146 Å². The summed E-state index contributed by atoms with van der Waals surface area (Å²) in [5, 5.41) is 0. The molecule has 0 saturated carbocycles. The zero-order chi connectivity index (χ0) is 31.9. The Morgan fingerprint density at radius 3 is 1.10 bits per heavy atom. The van der Waals surface area contributed by atoms with E-state index in [1.165, 1.54) is 33.4 Å². The molecule has 48 heavy (non-hydrogen) atoms. The minimum absolute atomic E-state index is 0.112. The fraction of sp³-hybridized carbons (Fsp3) is 0.0455. The normalized spacial score (nSPS) is 15.1. The number of hydrogen-bond donors (Lipinski definition) is 0. The Morgan fingerprint density at radius 1 is 0.354 bits per heavy atom. The highest BCUT2D eigenvalue weighted by Crippen LogP contribution is 2.40. The molecule has 6 aromatic carbocycles. The van der Waals surface area contributed by atoms with Gasteiger partial charge in [-0.25, -0.2) is 9.97 Å². The molecule has 1 aliphatic heterocycles. The number of benzene rings is 6. The van der Waals surface area contributed by atoms with Crippen LogP contribution in [0.1, 0.15) is 45.7 Å². The number of hydrogen-bond acceptors (Lipinski definition) is 2. The molecule has 0 saturated heterocycles. The summed E-state index contributed by atoms with van der Waals surface area (Å²) < 4.78 is 4.49. The van der Waals surface area contributed by atoms with E-state index in [2.05, 4.69) is 191 Å². The average molecular weight is 617 g/mol. The van der Waals surface area contributed by atoms with Crippen LogP contribution in [0.25, 0.3) is 33.9 Å². The van der Waals surface area contributed by atoms with Gasteiger partial charge >= 0.3 is 0 Å². The molecule has 0 N–H and O–H groups in total. The fourth-order valence-corrected chi connectivity index (χ4v) is 7.10. The zero-order valence-corrected chi connectivity index (χ0v) is 26.3. The van der Waals surface area contributed by atoms with Gasteiger partial charge in [0.2, 0.25) is 0 Å². The molecule has 3 heterocycles. The van der Waals surface area contributed by atoms with E-state index in [9.17, 15) is 0 Å². The summed E-state index contributed by atoms with van der Waals surface area (Å²) in [7, 11) is 0. The molecule has 8 bridgehead atoms. The van der Waals surface area contributed by atoms with Crippen molar-refractivity contribution in [1.82, 2.24) is 19.1 Å². The maximum absolute atomic E-state index is 5.48. The van der Waals surface area contributed by atoms with E-state index in [1.807, 2.05) is 0 Å². The van der Waals surface area contributed by atoms with E-state index in [0.29, 0.717) is 0 Å². The summed E-state index contributed by atoms with van der Waals surface area (Å²) in [4.78, 5) is 11.0. The number of para-hydroxylation sites is 2. The van der Waals surface area contributed by atoms with Crippen LogP contribution in [-0.2, 0) is 0 Å². The molecule has 0 fully saturated rings. The molecular weight excluding hydrogens is 585 g/mol. The van der Waals surface area contributed by atoms with Crippen LogP contribution in [0.3, 0.4) is 0 Å². The van der Waals surface area contributed by atoms with Crippen LogP contribution in [0.2, 0.25) is 0 Å². The molecule has 8 aromatic rings. The van der Waals surface area contributed by atoms with Crippen molar-refractivity contribution in [3.05, 3.63) is 216 Å². The smallest absolute Gasteiger partial charge is 0.126 e. The molecule has 9 rings (SSSR count). The van der Waals surface area contributed by atoms with Gasteiger partial charge in [0.25, 0.3) is 0 Å². The molecule has 1 aliphatic rings. The van der Waals surface area contributed by atoms with Crippen LogP contribution in [0.4, 0.5) is 0 Å². The summed E-state index contributed by atoms with van der Waals surface area (Å²) >= 11 is 0. The Bertz CT molecular complexity index is 2170. The quantitative estimate of drug-likeness (QED) is 0.197. The first-order valence-corrected chi connectivity index (χ1v) is 16.4. The van der Waals surface area contributed by atoms with Gasteiger partial charge in [0.15, 0.2) is 0 Å². The van der Waals surface area contributed by atoms with Gasteiger partial charge in [-0.3, -0.25) is 0 Å². The van der Waals surface area contributed by atoms with Crippen molar-refractivity contribution in [1.29, 1.82) is 0 Å². The number of rotatable bonds is 4. The van der Waals surface area contributed by atoms with E-state index in [-0.39, 0.29) is 11.8 Å². The molecular formula is C44H32N4. The topological polar surface area (TPSA) is 35.6 Å². The van der Waals surface area contributed by atoms with Crippen molar-refractivity contribution < 1.29 is 0 Å². The van der Waals surface area contributed by atoms with Crippen LogP contribution in [0.5, 0.6) is 0 Å². The Kier molecular flexibility index (Phi) is 6.90. The SMILES string of the molecule is c1ccc(C2c3cccc(c3)-c3cccc(c3)C(c3ccccc3)c3nc(cn3-c3ccccc3)-c3cn(-c4ccccc4)c2n3)cc1. The zero-order valence-electron chi connectivity index (χ0n) is 26.3. The summed E-state index contributed by atoms with van der Waals surface area (Å²) in [5.41, 5.74) is 10.9. The highest BCUT2D eigenvalue weighted by atomic mass is 15.1. The lowest BCUT2D eigenvalue weighted by Gasteiger charge is -2.22. The highest BCUT2D eigenvalue weighted by molar-refractivity contribution is 5.68. The third kappa shape index (κ3) is 4.95.